The third-order valence-electron chi connectivity index (χ3n) is 3.37. The van der Waals surface area contributed by atoms with Crippen LogP contribution in [0.2, 0.25) is 0 Å². The molecule has 1 fully saturated rings. The first-order chi connectivity index (χ1) is 7.29. The molecule has 0 spiro atoms. The fourth-order valence-corrected chi connectivity index (χ4v) is 4.18. The van der Waals surface area contributed by atoms with Crippen LogP contribution in [0.3, 0.4) is 0 Å². The molecule has 0 aromatic carbocycles. The molecule has 0 aliphatic heterocycles. The predicted molar refractivity (Wildman–Crippen MR) is 70.5 cm³/mol. The smallest absolute Gasteiger partial charge is 0.0285 e. The minimum atomic E-state index is 0.899. The van der Waals surface area contributed by atoms with Gasteiger partial charge in [0, 0.05) is 14.7 Å². The Morgan fingerprint density at radius 2 is 2.27 bits per heavy atom. The summed E-state index contributed by atoms with van der Waals surface area (Å²) in [5.74, 6) is 1.80. The van der Waals surface area contributed by atoms with Crippen molar-refractivity contribution in [1.82, 2.24) is 5.32 Å². The second-order valence-electron chi connectivity index (χ2n) is 4.44. The van der Waals surface area contributed by atoms with Gasteiger partial charge < -0.3 is 5.32 Å². The van der Waals surface area contributed by atoms with Crippen LogP contribution < -0.4 is 5.32 Å². The molecule has 1 nitrogen and oxygen atoms in total. The normalized spacial score (nSPS) is 26.0. The van der Waals surface area contributed by atoms with Crippen molar-refractivity contribution in [3.05, 3.63) is 20.8 Å². The molecule has 84 valence electrons. The van der Waals surface area contributed by atoms with Gasteiger partial charge in [0.25, 0.3) is 0 Å². The van der Waals surface area contributed by atoms with Crippen molar-refractivity contribution in [3.63, 3.8) is 0 Å². The molecule has 1 heterocycles. The van der Waals surface area contributed by atoms with Crippen molar-refractivity contribution in [1.29, 1.82) is 0 Å². The van der Waals surface area contributed by atoms with Gasteiger partial charge in [-0.15, -0.1) is 11.3 Å². The highest BCUT2D eigenvalue weighted by Gasteiger charge is 2.26. The SMILES string of the molecule is CNCC1CCCC1Cc1cc(Br)cs1. The minimum absolute atomic E-state index is 0.899. The Kier molecular flexibility index (Phi) is 4.23. The molecule has 0 bridgehead atoms. The van der Waals surface area contributed by atoms with Crippen molar-refractivity contribution < 1.29 is 0 Å². The Labute approximate surface area is 104 Å². The monoisotopic (exact) mass is 287 g/mol. The fourth-order valence-electron chi connectivity index (χ4n) is 2.63. The van der Waals surface area contributed by atoms with E-state index in [9.17, 15) is 0 Å². The van der Waals surface area contributed by atoms with Crippen LogP contribution in [0.1, 0.15) is 24.1 Å². The number of halogens is 1. The molecule has 0 radical (unpaired) electrons. The summed E-state index contributed by atoms with van der Waals surface area (Å²) in [6, 6.07) is 2.28. The van der Waals surface area contributed by atoms with E-state index in [2.05, 4.69) is 39.7 Å². The third kappa shape index (κ3) is 3.05. The van der Waals surface area contributed by atoms with Crippen molar-refractivity contribution in [3.8, 4) is 0 Å². The van der Waals surface area contributed by atoms with Crippen molar-refractivity contribution in [2.24, 2.45) is 11.8 Å². The van der Waals surface area contributed by atoms with Crippen LogP contribution in [0.5, 0.6) is 0 Å². The van der Waals surface area contributed by atoms with E-state index < -0.39 is 0 Å². The summed E-state index contributed by atoms with van der Waals surface area (Å²) in [4.78, 5) is 1.54. The standard InChI is InChI=1S/C12H18BrNS/c1-14-7-10-4-2-3-9(10)5-12-6-11(13)8-15-12/h6,8-10,14H,2-5,7H2,1H3. The van der Waals surface area contributed by atoms with Crippen molar-refractivity contribution in [2.75, 3.05) is 13.6 Å². The Morgan fingerprint density at radius 1 is 1.47 bits per heavy atom. The van der Waals surface area contributed by atoms with E-state index in [0.717, 1.165) is 11.8 Å². The van der Waals surface area contributed by atoms with Crippen LogP contribution in [0.25, 0.3) is 0 Å². The third-order valence-corrected chi connectivity index (χ3v) is 5.09. The van der Waals surface area contributed by atoms with E-state index in [-0.39, 0.29) is 0 Å². The van der Waals surface area contributed by atoms with Crippen LogP contribution in [-0.4, -0.2) is 13.6 Å². The largest absolute Gasteiger partial charge is 0.319 e. The van der Waals surface area contributed by atoms with Gasteiger partial charge in [-0.05, 0) is 66.7 Å². The highest BCUT2D eigenvalue weighted by atomic mass is 79.9. The van der Waals surface area contributed by atoms with E-state index in [0.29, 0.717) is 0 Å². The van der Waals surface area contributed by atoms with Gasteiger partial charge in [0.2, 0.25) is 0 Å². The quantitative estimate of drug-likeness (QED) is 0.891. The molecule has 3 heteroatoms. The highest BCUT2D eigenvalue weighted by Crippen LogP contribution is 2.35. The number of nitrogens with one attached hydrogen (secondary N) is 1. The summed E-state index contributed by atoms with van der Waals surface area (Å²) in [7, 11) is 2.07. The van der Waals surface area contributed by atoms with E-state index in [1.165, 1.54) is 41.6 Å². The summed E-state index contributed by atoms with van der Waals surface area (Å²) in [5, 5.41) is 5.52. The van der Waals surface area contributed by atoms with Crippen LogP contribution in [-0.2, 0) is 6.42 Å². The lowest BCUT2D eigenvalue weighted by atomic mass is 9.92. The fraction of sp³-hybridized carbons (Fsp3) is 0.667. The summed E-state index contributed by atoms with van der Waals surface area (Å²) in [6.45, 7) is 1.19. The van der Waals surface area contributed by atoms with Gasteiger partial charge >= 0.3 is 0 Å². The maximum atomic E-state index is 3.53. The zero-order valence-electron chi connectivity index (χ0n) is 9.13. The topological polar surface area (TPSA) is 12.0 Å². The molecule has 2 unspecified atom stereocenters. The first-order valence-corrected chi connectivity index (χ1v) is 7.34. The lowest BCUT2D eigenvalue weighted by Gasteiger charge is -2.18. The number of hydrogen-bond acceptors (Lipinski definition) is 2. The molecule has 2 rings (SSSR count). The van der Waals surface area contributed by atoms with Gasteiger partial charge in [0.15, 0.2) is 0 Å². The Balaban J connectivity index is 1.93. The van der Waals surface area contributed by atoms with Crippen molar-refractivity contribution in [2.45, 2.75) is 25.7 Å². The van der Waals surface area contributed by atoms with Gasteiger partial charge in [-0.25, -0.2) is 0 Å². The number of thiophene rings is 1. The Hall–Kier alpha value is 0.140. The molecule has 2 atom stereocenters. The molecule has 1 aliphatic rings. The second-order valence-corrected chi connectivity index (χ2v) is 6.36. The summed E-state index contributed by atoms with van der Waals surface area (Å²) in [6.07, 6.45) is 5.53. The molecule has 0 amide bonds. The Morgan fingerprint density at radius 3 is 2.93 bits per heavy atom. The first-order valence-electron chi connectivity index (χ1n) is 5.67. The summed E-state index contributed by atoms with van der Waals surface area (Å²) >= 11 is 5.41. The van der Waals surface area contributed by atoms with E-state index in [4.69, 9.17) is 0 Å². The van der Waals surface area contributed by atoms with Crippen LogP contribution >= 0.6 is 27.3 Å². The number of hydrogen-bond donors (Lipinski definition) is 1. The lowest BCUT2D eigenvalue weighted by Crippen LogP contribution is -2.22. The van der Waals surface area contributed by atoms with Gasteiger partial charge in [0.1, 0.15) is 0 Å². The lowest BCUT2D eigenvalue weighted by molar-refractivity contribution is 0.376. The van der Waals surface area contributed by atoms with E-state index in [1.807, 2.05) is 11.3 Å². The highest BCUT2D eigenvalue weighted by molar-refractivity contribution is 9.10. The van der Waals surface area contributed by atoms with Gasteiger partial charge in [-0.3, -0.25) is 0 Å². The molecular weight excluding hydrogens is 270 g/mol. The summed E-state index contributed by atoms with van der Waals surface area (Å²) < 4.78 is 1.24. The van der Waals surface area contributed by atoms with E-state index >= 15 is 0 Å². The molecule has 1 aliphatic carbocycles. The first kappa shape index (κ1) is 11.6. The molecular formula is C12H18BrNS. The van der Waals surface area contributed by atoms with Gasteiger partial charge in [-0.2, -0.15) is 0 Å². The zero-order valence-corrected chi connectivity index (χ0v) is 11.5. The molecule has 1 saturated carbocycles. The zero-order chi connectivity index (χ0) is 10.7. The second kappa shape index (κ2) is 5.46. The van der Waals surface area contributed by atoms with Gasteiger partial charge in [0.05, 0.1) is 0 Å². The van der Waals surface area contributed by atoms with Crippen LogP contribution in [0.4, 0.5) is 0 Å². The predicted octanol–water partition coefficient (Wildman–Crippen LogP) is 3.69. The average Bonchev–Trinajstić information content (AvgIpc) is 2.78. The summed E-state index contributed by atoms with van der Waals surface area (Å²) in [5.41, 5.74) is 0. The maximum absolute atomic E-state index is 3.53. The van der Waals surface area contributed by atoms with Crippen LogP contribution in [0.15, 0.2) is 15.9 Å². The van der Waals surface area contributed by atoms with Crippen LogP contribution in [0, 0.1) is 11.8 Å². The molecule has 15 heavy (non-hydrogen) atoms. The van der Waals surface area contributed by atoms with E-state index in [1.54, 1.807) is 0 Å². The minimum Gasteiger partial charge on any atom is -0.319 e. The van der Waals surface area contributed by atoms with Gasteiger partial charge in [-0.1, -0.05) is 6.42 Å². The number of rotatable bonds is 4. The van der Waals surface area contributed by atoms with Crippen molar-refractivity contribution >= 4 is 27.3 Å². The molecule has 0 saturated heterocycles. The molecule has 1 N–H and O–H groups in total. The molecule has 1 aromatic rings. The average molecular weight is 288 g/mol. The Bertz CT molecular complexity index is 310. The molecule has 1 aromatic heterocycles. The maximum Gasteiger partial charge on any atom is 0.0285 e.